The number of ether oxygens (including phenoxy) is 1. The van der Waals surface area contributed by atoms with Crippen molar-refractivity contribution in [3.63, 3.8) is 0 Å². The second-order valence-corrected chi connectivity index (χ2v) is 12.1. The van der Waals surface area contributed by atoms with Crippen molar-refractivity contribution in [3.8, 4) is 0 Å². The predicted molar refractivity (Wildman–Crippen MR) is 173 cm³/mol. The molecule has 5 atom stereocenters. The fraction of sp³-hybridized carbons (Fsp3) is 0.400. The summed E-state index contributed by atoms with van der Waals surface area (Å²) < 4.78 is 5.13. The third kappa shape index (κ3) is 5.12. The van der Waals surface area contributed by atoms with Crippen LogP contribution in [0.1, 0.15) is 67.3 Å². The number of aliphatic carboxylic acids is 1. The molecule has 2 aromatic rings. The van der Waals surface area contributed by atoms with E-state index in [1.807, 2.05) is 39.0 Å². The summed E-state index contributed by atoms with van der Waals surface area (Å²) in [6.07, 6.45) is 8.73. The fourth-order valence-electron chi connectivity index (χ4n) is 7.26. The average molecular weight is 617 g/mol. The zero-order valence-corrected chi connectivity index (χ0v) is 28.0. The number of carboxylic acids is 1. The Balaban J connectivity index is 0.00000400. The molecule has 0 radical (unpaired) electrons. The van der Waals surface area contributed by atoms with Crippen molar-refractivity contribution in [3.05, 3.63) is 89.8 Å². The first-order chi connectivity index (χ1) is 21.0. The van der Waals surface area contributed by atoms with Gasteiger partial charge in [-0.15, -0.1) is 33.9 Å². The first kappa shape index (κ1) is 32.6. The van der Waals surface area contributed by atoms with Gasteiger partial charge in [-0.25, -0.2) is 0 Å². The molecule has 1 saturated heterocycles. The molecule has 1 aliphatic carbocycles. The van der Waals surface area contributed by atoms with Crippen molar-refractivity contribution >= 4 is 65.1 Å². The molecule has 9 nitrogen and oxygen atoms in total. The van der Waals surface area contributed by atoms with Gasteiger partial charge in [0, 0.05) is 6.42 Å². The number of allylic oxidation sites excluding steroid dienone is 3. The van der Waals surface area contributed by atoms with Crippen LogP contribution in [0.3, 0.4) is 0 Å². The minimum absolute atomic E-state index is 0. The molecule has 6 rings (SSSR count). The second kappa shape index (κ2) is 12.2. The van der Waals surface area contributed by atoms with E-state index < -0.39 is 17.9 Å². The molecule has 2 aromatic heterocycles. The molecule has 8 bridgehead atoms. The zero-order valence-electron chi connectivity index (χ0n) is 26.6. The predicted octanol–water partition coefficient (Wildman–Crippen LogP) is 3.78. The minimum Gasteiger partial charge on any atom is -0.681 e. The summed E-state index contributed by atoms with van der Waals surface area (Å²) in [5.74, 6) is -3.94. The standard InChI is InChI=1S/C35H38N4O5.Mg/c1-8-19-15(3)22-12-24-17(5)21(10-11-28(40)41)32(38-24)30-31(35(43)44-7)34(42)29-18(6)25(39-33(29)30)14-27-20(9-2)16(4)23(37-27)13-26(19)36-22;/h8,12-14,17-18,21,24,31H,1,9-11H2,2-7H3,(H3,38,39,40,41,42);/q-2;+2/p-2/b22-12-,25-14-,26-13-;/t17-,18+,21-,24?,31+;/m0./s1. The molecule has 0 saturated carbocycles. The van der Waals surface area contributed by atoms with Crippen LogP contribution in [0, 0.1) is 37.5 Å². The van der Waals surface area contributed by atoms with Crippen LogP contribution in [0.5, 0.6) is 0 Å². The summed E-state index contributed by atoms with van der Waals surface area (Å²) >= 11 is 0. The summed E-state index contributed by atoms with van der Waals surface area (Å²) in [6, 6.07) is -0.368. The number of esters is 1. The van der Waals surface area contributed by atoms with Gasteiger partial charge in [-0.05, 0) is 55.6 Å². The zero-order chi connectivity index (χ0) is 31.6. The Morgan fingerprint density at radius 2 is 1.80 bits per heavy atom. The number of methoxy groups -OCH3 is 1. The Kier molecular flexibility index (Phi) is 8.85. The number of hydrogen-bond donors (Lipinski definition) is 1. The SMILES string of the molecule is C=Cc1c(C)/c2[n-]/c1=C\c1[n-]c(c(CC)c1C)/C=C1\[N-]C3=C(C(=O)[C@H](C(=O)OC)/C3=C3/[N-]C(\C=2)[C@@H](C)[C@@H]3CCC(=O)O)[C@@H]1C.[Mg+2]. The molecule has 1 fully saturated rings. The Labute approximate surface area is 278 Å². The molecule has 3 aliphatic heterocycles. The Morgan fingerprint density at radius 1 is 1.07 bits per heavy atom. The quantitative estimate of drug-likeness (QED) is 0.296. The van der Waals surface area contributed by atoms with E-state index in [-0.39, 0.29) is 59.1 Å². The Bertz CT molecular complexity index is 1860. The summed E-state index contributed by atoms with van der Waals surface area (Å²) in [7, 11) is 1.27. The van der Waals surface area contributed by atoms with Crippen LogP contribution in [0.15, 0.2) is 34.8 Å². The second-order valence-electron chi connectivity index (χ2n) is 12.1. The number of carbonyl (C=O) groups excluding carboxylic acids is 2. The van der Waals surface area contributed by atoms with E-state index >= 15 is 0 Å². The summed E-state index contributed by atoms with van der Waals surface area (Å²) in [5.41, 5.74) is 8.22. The van der Waals surface area contributed by atoms with Crippen molar-refractivity contribution in [1.29, 1.82) is 0 Å². The van der Waals surface area contributed by atoms with Crippen molar-refractivity contribution in [1.82, 2.24) is 9.97 Å². The molecule has 5 heterocycles. The molecule has 0 spiro atoms. The molecule has 45 heavy (non-hydrogen) atoms. The van der Waals surface area contributed by atoms with Gasteiger partial charge in [0.1, 0.15) is 5.92 Å². The first-order valence-electron chi connectivity index (χ1n) is 15.1. The van der Waals surface area contributed by atoms with E-state index in [9.17, 15) is 19.5 Å². The van der Waals surface area contributed by atoms with Crippen molar-refractivity contribution in [2.45, 2.75) is 59.9 Å². The van der Waals surface area contributed by atoms with Crippen LogP contribution in [0.25, 0.3) is 34.9 Å². The number of carbonyl (C=O) groups is 3. The number of fused-ring (bicyclic) bond motifs is 7. The summed E-state index contributed by atoms with van der Waals surface area (Å²) in [4.78, 5) is 48.9. The van der Waals surface area contributed by atoms with Crippen LogP contribution in [-0.4, -0.2) is 59.0 Å². The van der Waals surface area contributed by atoms with Crippen LogP contribution in [0.4, 0.5) is 0 Å². The number of hydrogen-bond acceptors (Lipinski definition) is 4. The third-order valence-corrected chi connectivity index (χ3v) is 9.78. The van der Waals surface area contributed by atoms with E-state index in [2.05, 4.69) is 20.4 Å². The Morgan fingerprint density at radius 3 is 2.44 bits per heavy atom. The number of rotatable bonds is 6. The molecule has 1 unspecified atom stereocenters. The van der Waals surface area contributed by atoms with E-state index in [0.717, 1.165) is 50.8 Å². The summed E-state index contributed by atoms with van der Waals surface area (Å²) in [6.45, 7) is 14.1. The van der Waals surface area contributed by atoms with Gasteiger partial charge >= 0.3 is 35.0 Å². The Hall–Kier alpha value is -3.76. The third-order valence-electron chi connectivity index (χ3n) is 9.78. The van der Waals surface area contributed by atoms with Gasteiger partial charge in [0.2, 0.25) is 0 Å². The van der Waals surface area contributed by atoms with E-state index in [1.54, 1.807) is 6.08 Å². The van der Waals surface area contributed by atoms with Crippen molar-refractivity contribution in [2.24, 2.45) is 23.7 Å². The maximum atomic E-state index is 14.0. The van der Waals surface area contributed by atoms with E-state index in [1.165, 1.54) is 7.11 Å². The monoisotopic (exact) mass is 616 g/mol. The number of Topliss-reactive ketones (excluding diaryl/α,β-unsaturated/α-hetero) is 1. The van der Waals surface area contributed by atoms with E-state index in [4.69, 9.17) is 25.3 Å². The van der Waals surface area contributed by atoms with Gasteiger partial charge in [0.25, 0.3) is 0 Å². The molecular weight excluding hydrogens is 581 g/mol. The summed E-state index contributed by atoms with van der Waals surface area (Å²) in [5, 5.41) is 21.3. The van der Waals surface area contributed by atoms with Crippen molar-refractivity contribution in [2.75, 3.05) is 7.11 Å². The van der Waals surface area contributed by atoms with Gasteiger partial charge in [-0.2, -0.15) is 11.4 Å². The smallest absolute Gasteiger partial charge is 0.681 e. The van der Waals surface area contributed by atoms with Crippen LogP contribution in [-0.2, 0) is 25.5 Å². The molecular formula is C35H36MgN4O5-2. The first-order valence-corrected chi connectivity index (χ1v) is 15.1. The van der Waals surface area contributed by atoms with Gasteiger partial charge < -0.3 is 30.4 Å². The molecule has 1 N–H and O–H groups in total. The van der Waals surface area contributed by atoms with Gasteiger partial charge in [-0.1, -0.05) is 73.9 Å². The number of ketones is 1. The largest absolute Gasteiger partial charge is 2.00 e. The van der Waals surface area contributed by atoms with Crippen LogP contribution >= 0.6 is 0 Å². The normalized spacial score (nSPS) is 29.0. The van der Waals surface area contributed by atoms with Crippen molar-refractivity contribution < 1.29 is 24.2 Å². The number of nitrogens with zero attached hydrogens (tertiary/aromatic N) is 4. The minimum atomic E-state index is -1.20. The number of aromatic nitrogens is 2. The van der Waals surface area contributed by atoms with Gasteiger partial charge in [0.05, 0.1) is 7.11 Å². The fourth-order valence-corrected chi connectivity index (χ4v) is 7.26. The molecule has 230 valence electrons. The molecule has 0 aromatic carbocycles. The molecule has 0 amide bonds. The molecule has 10 heteroatoms. The average Bonchev–Trinajstić information content (AvgIpc) is 3.72. The van der Waals surface area contributed by atoms with Crippen LogP contribution in [0.2, 0.25) is 0 Å². The topological polar surface area (TPSA) is 137 Å². The number of carboxylic acid groups (broad SMARTS) is 1. The van der Waals surface area contributed by atoms with E-state index in [0.29, 0.717) is 34.7 Å². The van der Waals surface area contributed by atoms with Gasteiger partial charge in [-0.3, -0.25) is 14.4 Å². The van der Waals surface area contributed by atoms with Crippen LogP contribution < -0.4 is 20.7 Å². The van der Waals surface area contributed by atoms with Gasteiger partial charge in [0.15, 0.2) is 5.78 Å². The maximum absolute atomic E-state index is 14.0. The molecule has 4 aliphatic rings. The maximum Gasteiger partial charge on any atom is 2.00 e.